The number of phenolic OH excluding ortho intramolecular Hbond substituents is 1. The average molecular weight is 385 g/mol. The molecule has 11 nitrogen and oxygen atoms in total. The minimum Gasteiger partial charge on any atom is -0.501 e. The molecule has 19 heavy (non-hydrogen) atoms. The third-order valence-corrected chi connectivity index (χ3v) is 2.94. The predicted octanol–water partition coefficient (Wildman–Crippen LogP) is 0.134. The molecule has 0 aliphatic heterocycles. The summed E-state index contributed by atoms with van der Waals surface area (Å²) in [7, 11) is -4.72. The summed E-state index contributed by atoms with van der Waals surface area (Å²) in [6.07, 6.45) is 0. The molecular formula is C6H5AgN4O7S. The first-order chi connectivity index (χ1) is 8.15. The Morgan fingerprint density at radius 1 is 1.26 bits per heavy atom. The van der Waals surface area contributed by atoms with Crippen molar-refractivity contribution in [3.8, 4) is 5.75 Å². The molecule has 0 saturated carbocycles. The summed E-state index contributed by atoms with van der Waals surface area (Å²) < 4.78 is 22.6. The van der Waals surface area contributed by atoms with Gasteiger partial charge < -0.3 is 10.8 Å². The van der Waals surface area contributed by atoms with E-state index in [0.29, 0.717) is 12.1 Å². The molecule has 1 aromatic rings. The van der Waals surface area contributed by atoms with Crippen LogP contribution in [0, 0.1) is 20.2 Å². The Bertz CT molecular complexity index is 631. The van der Waals surface area contributed by atoms with Gasteiger partial charge in [0.25, 0.3) is 0 Å². The van der Waals surface area contributed by atoms with Crippen LogP contribution in [0.5, 0.6) is 5.75 Å². The minimum atomic E-state index is -4.72. The molecule has 0 bridgehead atoms. The second-order valence-electron chi connectivity index (χ2n) is 2.93. The number of nitro benzene ring substituents is 1. The van der Waals surface area contributed by atoms with Crippen LogP contribution in [-0.4, -0.2) is 23.5 Å². The fraction of sp³-hybridized carbons (Fsp3) is 0. The number of phenols is 1. The number of sulfonamides is 1. The summed E-state index contributed by atoms with van der Waals surface area (Å²) in [5.41, 5.74) is 3.55. The Kier molecular flexibility index (Phi) is 5.25. The van der Waals surface area contributed by atoms with Gasteiger partial charge in [0.1, 0.15) is 0 Å². The summed E-state index contributed by atoms with van der Waals surface area (Å²) in [5, 5.41) is 28.3. The van der Waals surface area contributed by atoms with Crippen molar-refractivity contribution in [2.45, 2.75) is 4.90 Å². The summed E-state index contributed by atoms with van der Waals surface area (Å²) in [6.45, 7) is 0. The quantitative estimate of drug-likeness (QED) is 0.241. The van der Waals surface area contributed by atoms with Gasteiger partial charge in [0, 0.05) is 6.07 Å². The molecule has 1 rings (SSSR count). The number of anilines is 1. The summed E-state index contributed by atoms with van der Waals surface area (Å²) >= 11 is 0. The van der Waals surface area contributed by atoms with Gasteiger partial charge in [-0.25, -0.2) is 8.42 Å². The zero-order valence-corrected chi connectivity index (χ0v) is 11.0. The molecule has 0 fully saturated rings. The number of rotatable bonds is 4. The van der Waals surface area contributed by atoms with E-state index in [-0.39, 0.29) is 22.4 Å². The Labute approximate surface area is 121 Å². The fourth-order valence-electron chi connectivity index (χ4n) is 1.04. The van der Waals surface area contributed by atoms with Crippen molar-refractivity contribution < 1.29 is 45.9 Å². The normalized spacial score (nSPS) is 10.3. The molecule has 0 atom stereocenters. The van der Waals surface area contributed by atoms with Crippen LogP contribution < -0.4 is 5.73 Å². The largest absolute Gasteiger partial charge is 1.00 e. The van der Waals surface area contributed by atoms with Crippen molar-refractivity contribution in [3.63, 3.8) is 0 Å². The van der Waals surface area contributed by atoms with Crippen LogP contribution in [0.25, 0.3) is 4.83 Å². The van der Waals surface area contributed by atoms with Crippen LogP contribution in [0.2, 0.25) is 0 Å². The van der Waals surface area contributed by atoms with Crippen molar-refractivity contribution in [3.05, 3.63) is 37.2 Å². The Balaban J connectivity index is 0.00000324. The average Bonchev–Trinajstić information content (AvgIpc) is 2.19. The van der Waals surface area contributed by atoms with Crippen molar-refractivity contribution >= 4 is 21.4 Å². The van der Waals surface area contributed by atoms with Gasteiger partial charge in [0.15, 0.2) is 10.0 Å². The standard InChI is InChI=1S/C6H5N4O7S.Ag/c7-4-1-3(18(16,17)8-10(14)15)2-5(6(4)11)9(12)13;/h1-2,11H,7H2;/q-1;+1. The third-order valence-electron chi connectivity index (χ3n) is 1.76. The van der Waals surface area contributed by atoms with Crippen LogP contribution >= 0.6 is 0 Å². The first kappa shape index (κ1) is 17.1. The van der Waals surface area contributed by atoms with E-state index >= 15 is 0 Å². The van der Waals surface area contributed by atoms with Crippen LogP contribution in [0.15, 0.2) is 17.0 Å². The van der Waals surface area contributed by atoms with Crippen molar-refractivity contribution in [1.29, 1.82) is 0 Å². The number of benzene rings is 1. The van der Waals surface area contributed by atoms with Gasteiger partial charge in [-0.05, 0) is 11.1 Å². The third kappa shape index (κ3) is 3.79. The summed E-state index contributed by atoms with van der Waals surface area (Å²) in [6, 6.07) is 1.05. The van der Waals surface area contributed by atoms with E-state index in [1.807, 2.05) is 0 Å². The van der Waals surface area contributed by atoms with Gasteiger partial charge in [0.05, 0.1) is 15.5 Å². The van der Waals surface area contributed by atoms with Crippen LogP contribution in [0.3, 0.4) is 0 Å². The zero-order chi connectivity index (χ0) is 14.1. The van der Waals surface area contributed by atoms with Gasteiger partial charge in [-0.2, -0.15) is 0 Å². The van der Waals surface area contributed by atoms with Crippen molar-refractivity contribution in [2.24, 2.45) is 0 Å². The number of nitrogen functional groups attached to an aromatic ring is 1. The topological polar surface area (TPSA) is 181 Å². The number of hydrogen-bond donors (Lipinski definition) is 2. The maximum Gasteiger partial charge on any atom is 1.00 e. The van der Waals surface area contributed by atoms with E-state index in [1.165, 1.54) is 0 Å². The Hall–Kier alpha value is -1.89. The molecule has 0 saturated heterocycles. The SMILES string of the molecule is Nc1cc(S(=O)(=O)[N-][N+](=O)[O-])cc([N+](=O)[O-])c1O.[Ag+]. The molecule has 0 amide bonds. The molecule has 0 aliphatic carbocycles. The van der Waals surface area contributed by atoms with E-state index < -0.39 is 42.0 Å². The van der Waals surface area contributed by atoms with E-state index in [9.17, 15) is 33.8 Å². The molecule has 0 spiro atoms. The Morgan fingerprint density at radius 3 is 2.21 bits per heavy atom. The van der Waals surface area contributed by atoms with Gasteiger partial charge >= 0.3 is 28.1 Å². The molecular weight excluding hydrogens is 380 g/mol. The van der Waals surface area contributed by atoms with Gasteiger partial charge in [-0.15, -0.1) is 0 Å². The first-order valence-electron chi connectivity index (χ1n) is 4.04. The molecule has 1 aromatic carbocycles. The molecule has 13 heteroatoms. The first-order valence-corrected chi connectivity index (χ1v) is 5.48. The molecule has 3 N–H and O–H groups in total. The number of hydrogen-bond acceptors (Lipinski definition) is 8. The second-order valence-corrected chi connectivity index (χ2v) is 4.52. The van der Waals surface area contributed by atoms with Crippen LogP contribution in [0.4, 0.5) is 11.4 Å². The minimum absolute atomic E-state index is 0. The number of nitrogens with zero attached hydrogens (tertiary/aromatic N) is 3. The maximum absolute atomic E-state index is 11.3. The number of aromatic hydroxyl groups is 1. The van der Waals surface area contributed by atoms with Gasteiger partial charge in [0.2, 0.25) is 5.75 Å². The zero-order valence-electron chi connectivity index (χ0n) is 8.68. The number of nitro groups is 2. The molecule has 108 valence electrons. The Morgan fingerprint density at radius 2 is 1.79 bits per heavy atom. The fourth-order valence-corrected chi connectivity index (χ4v) is 1.84. The molecule has 0 heterocycles. The summed E-state index contributed by atoms with van der Waals surface area (Å²) in [4.78, 5) is 20.7. The van der Waals surface area contributed by atoms with Gasteiger partial charge in [-0.1, -0.05) is 0 Å². The number of nitrogens with two attached hydrogens (primary N) is 1. The maximum atomic E-state index is 11.3. The van der Waals surface area contributed by atoms with E-state index in [4.69, 9.17) is 5.73 Å². The molecule has 0 aromatic heterocycles. The molecule has 0 aliphatic rings. The molecule has 0 unspecified atom stereocenters. The second kappa shape index (κ2) is 5.83. The van der Waals surface area contributed by atoms with Gasteiger partial charge in [-0.3, -0.25) is 25.1 Å². The van der Waals surface area contributed by atoms with Crippen molar-refractivity contribution in [2.75, 3.05) is 5.73 Å². The van der Waals surface area contributed by atoms with Crippen molar-refractivity contribution in [1.82, 2.24) is 0 Å². The van der Waals surface area contributed by atoms with Crippen LogP contribution in [0.1, 0.15) is 0 Å². The van der Waals surface area contributed by atoms with E-state index in [1.54, 1.807) is 0 Å². The van der Waals surface area contributed by atoms with E-state index in [0.717, 1.165) is 0 Å². The van der Waals surface area contributed by atoms with E-state index in [2.05, 4.69) is 4.83 Å². The summed E-state index contributed by atoms with van der Waals surface area (Å²) in [5.74, 6) is -0.931. The van der Waals surface area contributed by atoms with Crippen LogP contribution in [-0.2, 0) is 32.4 Å². The smallest absolute Gasteiger partial charge is 0.501 e. The predicted molar refractivity (Wildman–Crippen MR) is 56.7 cm³/mol. The molecule has 0 radical (unpaired) electrons. The monoisotopic (exact) mass is 384 g/mol.